The van der Waals surface area contributed by atoms with Gasteiger partial charge in [-0.15, -0.1) is 0 Å². The van der Waals surface area contributed by atoms with Gasteiger partial charge < -0.3 is 4.74 Å². The molecule has 0 aliphatic heterocycles. The summed E-state index contributed by atoms with van der Waals surface area (Å²) in [7, 11) is 0. The van der Waals surface area contributed by atoms with Gasteiger partial charge in [0.2, 0.25) is 0 Å². The molecule has 0 saturated carbocycles. The standard InChI is InChI=1S/C36H42O/c1-27(22-23-28(2)33-16-10-7-11-17-33)26-30(4)36-21-15-9-14-20-35(36)29(3)24-25-31(5)37-32(6)34-18-12-8-13-19-34/h7-20,27,31H,2-4,6,21-26H2,1,5H3. The molecule has 2 aromatic rings. The van der Waals surface area contributed by atoms with E-state index in [4.69, 9.17) is 4.74 Å². The Hall–Kier alpha value is -3.58. The van der Waals surface area contributed by atoms with E-state index in [2.05, 4.69) is 88.7 Å². The van der Waals surface area contributed by atoms with Gasteiger partial charge in [-0.25, -0.2) is 0 Å². The summed E-state index contributed by atoms with van der Waals surface area (Å²) in [6.07, 6.45) is 14.4. The number of hydrogen-bond donors (Lipinski definition) is 0. The van der Waals surface area contributed by atoms with E-state index in [1.54, 1.807) is 0 Å². The highest BCUT2D eigenvalue weighted by Gasteiger charge is 2.16. The van der Waals surface area contributed by atoms with Gasteiger partial charge >= 0.3 is 0 Å². The normalized spacial score (nSPS) is 14.5. The summed E-state index contributed by atoms with van der Waals surface area (Å²) in [5.74, 6) is 1.25. The maximum absolute atomic E-state index is 6.10. The molecule has 0 saturated heterocycles. The Balaban J connectivity index is 1.56. The van der Waals surface area contributed by atoms with Crippen LogP contribution in [0.1, 0.15) is 63.5 Å². The lowest BCUT2D eigenvalue weighted by Gasteiger charge is -2.21. The second kappa shape index (κ2) is 14.2. The minimum absolute atomic E-state index is 0.0577. The Morgan fingerprint density at radius 3 is 2.05 bits per heavy atom. The van der Waals surface area contributed by atoms with Crippen LogP contribution in [-0.4, -0.2) is 6.10 Å². The number of ether oxygens (including phenoxy) is 1. The second-order valence-corrected chi connectivity index (χ2v) is 10.2. The summed E-state index contributed by atoms with van der Waals surface area (Å²) in [6, 6.07) is 20.5. The van der Waals surface area contributed by atoms with E-state index in [0.29, 0.717) is 5.92 Å². The molecule has 192 valence electrons. The molecule has 0 heterocycles. The lowest BCUT2D eigenvalue weighted by atomic mass is 9.86. The molecule has 2 aromatic carbocycles. The predicted molar refractivity (Wildman–Crippen MR) is 162 cm³/mol. The molecule has 0 amide bonds. The van der Waals surface area contributed by atoms with Gasteiger partial charge in [0.25, 0.3) is 0 Å². The van der Waals surface area contributed by atoms with Crippen molar-refractivity contribution in [1.29, 1.82) is 0 Å². The lowest BCUT2D eigenvalue weighted by Crippen LogP contribution is -2.08. The average Bonchev–Trinajstić information content (AvgIpc) is 3.18. The molecule has 2 unspecified atom stereocenters. The Morgan fingerprint density at radius 1 is 0.757 bits per heavy atom. The number of hydrogen-bond acceptors (Lipinski definition) is 1. The van der Waals surface area contributed by atoms with Crippen LogP contribution < -0.4 is 0 Å². The van der Waals surface area contributed by atoms with Gasteiger partial charge in [-0.1, -0.05) is 124 Å². The SMILES string of the molecule is C=C(CCC(C)OC(=C)c1ccccc1)C1=C(C(=C)CC(C)CCC(=C)c2ccccc2)CC=CC=C1. The number of benzene rings is 2. The summed E-state index contributed by atoms with van der Waals surface area (Å²) >= 11 is 0. The largest absolute Gasteiger partial charge is 0.491 e. The predicted octanol–water partition coefficient (Wildman–Crippen LogP) is 10.3. The van der Waals surface area contributed by atoms with Gasteiger partial charge in [-0.05, 0) is 79.2 Å². The molecule has 1 heteroatoms. The molecule has 0 aromatic heterocycles. The molecule has 2 atom stereocenters. The smallest absolute Gasteiger partial charge is 0.119 e. The summed E-state index contributed by atoms with van der Waals surface area (Å²) in [4.78, 5) is 0. The first-order chi connectivity index (χ1) is 17.8. The summed E-state index contributed by atoms with van der Waals surface area (Å²) in [5, 5.41) is 0. The molecule has 1 aliphatic rings. The summed E-state index contributed by atoms with van der Waals surface area (Å²) < 4.78 is 6.10. The quantitative estimate of drug-likeness (QED) is 0.239. The third kappa shape index (κ3) is 8.79. The van der Waals surface area contributed by atoms with Crippen molar-refractivity contribution in [3.05, 3.63) is 145 Å². The van der Waals surface area contributed by atoms with E-state index in [1.807, 2.05) is 36.4 Å². The lowest BCUT2D eigenvalue weighted by molar-refractivity contribution is 0.176. The van der Waals surface area contributed by atoms with Crippen molar-refractivity contribution in [1.82, 2.24) is 0 Å². The monoisotopic (exact) mass is 490 g/mol. The van der Waals surface area contributed by atoms with Crippen LogP contribution >= 0.6 is 0 Å². The van der Waals surface area contributed by atoms with E-state index >= 15 is 0 Å². The van der Waals surface area contributed by atoms with Crippen LogP contribution in [0.5, 0.6) is 0 Å². The van der Waals surface area contributed by atoms with Gasteiger partial charge in [0.05, 0.1) is 6.10 Å². The molecule has 0 bridgehead atoms. The van der Waals surface area contributed by atoms with Crippen LogP contribution in [0.15, 0.2) is 134 Å². The average molecular weight is 491 g/mol. The molecule has 1 aliphatic carbocycles. The van der Waals surface area contributed by atoms with Crippen molar-refractivity contribution in [3.63, 3.8) is 0 Å². The van der Waals surface area contributed by atoms with Gasteiger partial charge in [-0.2, -0.15) is 0 Å². The Bertz CT molecular complexity index is 1170. The molecular weight excluding hydrogens is 448 g/mol. The third-order valence-electron chi connectivity index (χ3n) is 6.97. The van der Waals surface area contributed by atoms with Crippen LogP contribution in [0, 0.1) is 5.92 Å². The van der Waals surface area contributed by atoms with Crippen molar-refractivity contribution >= 4 is 11.3 Å². The fourth-order valence-electron chi connectivity index (χ4n) is 4.68. The van der Waals surface area contributed by atoms with Crippen LogP contribution in [0.2, 0.25) is 0 Å². The highest BCUT2D eigenvalue weighted by Crippen LogP contribution is 2.33. The van der Waals surface area contributed by atoms with Crippen molar-refractivity contribution < 1.29 is 4.74 Å². The van der Waals surface area contributed by atoms with E-state index in [9.17, 15) is 0 Å². The van der Waals surface area contributed by atoms with E-state index < -0.39 is 0 Å². The summed E-state index contributed by atoms with van der Waals surface area (Å²) in [6.45, 7) is 21.8. The highest BCUT2D eigenvalue weighted by atomic mass is 16.5. The molecule has 0 spiro atoms. The first kappa shape index (κ1) is 28.0. The Labute approximate surface area is 225 Å². The van der Waals surface area contributed by atoms with Crippen LogP contribution in [-0.2, 0) is 4.74 Å². The van der Waals surface area contributed by atoms with Crippen molar-refractivity contribution in [3.8, 4) is 0 Å². The molecule has 1 nitrogen and oxygen atoms in total. The first-order valence-electron chi connectivity index (χ1n) is 13.4. The molecule has 0 N–H and O–H groups in total. The minimum Gasteiger partial charge on any atom is -0.491 e. The third-order valence-corrected chi connectivity index (χ3v) is 6.97. The molecule has 0 radical (unpaired) electrons. The highest BCUT2D eigenvalue weighted by molar-refractivity contribution is 5.63. The Kier molecular flexibility index (Phi) is 10.8. The fraction of sp³-hybridized carbons (Fsp3) is 0.278. The van der Waals surface area contributed by atoms with Crippen molar-refractivity contribution in [2.45, 2.75) is 58.5 Å². The van der Waals surface area contributed by atoms with Crippen molar-refractivity contribution in [2.24, 2.45) is 5.92 Å². The van der Waals surface area contributed by atoms with E-state index in [-0.39, 0.29) is 6.10 Å². The van der Waals surface area contributed by atoms with Crippen LogP contribution in [0.25, 0.3) is 11.3 Å². The zero-order valence-corrected chi connectivity index (χ0v) is 22.7. The second-order valence-electron chi connectivity index (χ2n) is 10.2. The van der Waals surface area contributed by atoms with E-state index in [1.165, 1.54) is 27.9 Å². The van der Waals surface area contributed by atoms with Gasteiger partial charge in [0.15, 0.2) is 0 Å². The number of rotatable bonds is 14. The minimum atomic E-state index is 0.0577. The number of allylic oxidation sites excluding steroid dienone is 9. The first-order valence-corrected chi connectivity index (χ1v) is 13.4. The van der Waals surface area contributed by atoms with Crippen molar-refractivity contribution in [2.75, 3.05) is 0 Å². The molecule has 3 rings (SSSR count). The van der Waals surface area contributed by atoms with Crippen LogP contribution in [0.3, 0.4) is 0 Å². The maximum atomic E-state index is 6.10. The molecular formula is C36H42O. The molecule has 37 heavy (non-hydrogen) atoms. The van der Waals surface area contributed by atoms with Crippen LogP contribution in [0.4, 0.5) is 0 Å². The zero-order chi connectivity index (χ0) is 26.6. The van der Waals surface area contributed by atoms with Gasteiger partial charge in [-0.3, -0.25) is 0 Å². The topological polar surface area (TPSA) is 9.23 Å². The maximum Gasteiger partial charge on any atom is 0.119 e. The molecule has 0 fully saturated rings. The fourth-order valence-corrected chi connectivity index (χ4v) is 4.68. The Morgan fingerprint density at radius 2 is 1.38 bits per heavy atom. The summed E-state index contributed by atoms with van der Waals surface area (Å²) in [5.41, 5.74) is 8.36. The van der Waals surface area contributed by atoms with Gasteiger partial charge in [0.1, 0.15) is 5.76 Å². The van der Waals surface area contributed by atoms with Gasteiger partial charge in [0, 0.05) is 5.56 Å². The van der Waals surface area contributed by atoms with E-state index in [0.717, 1.165) is 55.4 Å². The zero-order valence-electron chi connectivity index (χ0n) is 22.7.